The van der Waals surface area contributed by atoms with Gasteiger partial charge in [0, 0.05) is 34.1 Å². The number of nitrogens with zero attached hydrogens (tertiary/aromatic N) is 1. The lowest BCUT2D eigenvalue weighted by atomic mass is 9.92. The Hall–Kier alpha value is -3.28. The highest BCUT2D eigenvalue weighted by molar-refractivity contribution is 6.05. The Morgan fingerprint density at radius 2 is 1.62 bits per heavy atom. The van der Waals surface area contributed by atoms with E-state index in [1.54, 1.807) is 6.07 Å². The first-order valence-electron chi connectivity index (χ1n) is 9.17. The van der Waals surface area contributed by atoms with E-state index in [-0.39, 0.29) is 17.7 Å². The number of methoxy groups -OCH3 is 1. The van der Waals surface area contributed by atoms with Gasteiger partial charge in [0.1, 0.15) is 5.75 Å². The first kappa shape index (κ1) is 16.7. The molecule has 144 valence electrons. The van der Waals surface area contributed by atoms with E-state index in [2.05, 4.69) is 0 Å². The van der Waals surface area contributed by atoms with Gasteiger partial charge in [-0.15, -0.1) is 0 Å². The van der Waals surface area contributed by atoms with Gasteiger partial charge in [0.2, 0.25) is 0 Å². The topological polar surface area (TPSA) is 14.2 Å². The normalized spacial score (nSPS) is 13.4. The average molecular weight is 395 g/mol. The maximum absolute atomic E-state index is 14.8. The van der Waals surface area contributed by atoms with Crippen LogP contribution in [0.4, 0.5) is 17.6 Å². The lowest BCUT2D eigenvalue weighted by Gasteiger charge is -2.24. The van der Waals surface area contributed by atoms with Gasteiger partial charge in [-0.25, -0.2) is 17.6 Å². The zero-order chi connectivity index (χ0) is 20.0. The second-order valence-electron chi connectivity index (χ2n) is 7.43. The van der Waals surface area contributed by atoms with E-state index in [1.807, 2.05) is 34.9 Å². The van der Waals surface area contributed by atoms with Gasteiger partial charge < -0.3 is 9.30 Å². The summed E-state index contributed by atoms with van der Waals surface area (Å²) in [5.74, 6) is -5.86. The van der Waals surface area contributed by atoms with E-state index < -0.39 is 23.3 Å². The summed E-state index contributed by atoms with van der Waals surface area (Å²) >= 11 is 0. The van der Waals surface area contributed by atoms with Gasteiger partial charge in [0.05, 0.1) is 24.9 Å². The molecule has 0 saturated carbocycles. The molecule has 1 aliphatic carbocycles. The van der Waals surface area contributed by atoms with Gasteiger partial charge in [0.25, 0.3) is 0 Å². The fraction of sp³-hybridized carbons (Fsp3) is 0.130. The predicted molar refractivity (Wildman–Crippen MR) is 101 cm³/mol. The minimum atomic E-state index is -1.80. The van der Waals surface area contributed by atoms with Crippen molar-refractivity contribution >= 4 is 10.9 Å². The molecular weight excluding hydrogens is 382 g/mol. The van der Waals surface area contributed by atoms with Crippen molar-refractivity contribution in [1.29, 1.82) is 0 Å². The zero-order valence-electron chi connectivity index (χ0n) is 15.2. The number of rotatable bonds is 1. The Morgan fingerprint density at radius 1 is 0.862 bits per heavy atom. The summed E-state index contributed by atoms with van der Waals surface area (Å²) in [7, 11) is 1.48. The van der Waals surface area contributed by atoms with Crippen molar-refractivity contribution in [3.8, 4) is 28.1 Å². The third-order valence-corrected chi connectivity index (χ3v) is 6.06. The zero-order valence-corrected chi connectivity index (χ0v) is 15.2. The second-order valence-corrected chi connectivity index (χ2v) is 7.43. The molecule has 6 heteroatoms. The number of ether oxygens (including phenoxy) is 1. The van der Waals surface area contributed by atoms with Crippen LogP contribution in [-0.4, -0.2) is 11.7 Å². The standard InChI is InChI=1S/C23H13F4NO/c1-29-11-7-14-13-6-10-4-2-3-5-12(10)22(13)28-9-16-17(15(8-11)23(14)28)19(25)21(27)20(26)18(16)24/h2-5,7-8H,6,9H2,1H3. The Balaban J connectivity index is 1.81. The molecule has 2 nitrogen and oxygen atoms in total. The first-order chi connectivity index (χ1) is 14.0. The van der Waals surface area contributed by atoms with Crippen molar-refractivity contribution in [3.05, 3.63) is 76.4 Å². The smallest absolute Gasteiger partial charge is 0.198 e. The van der Waals surface area contributed by atoms with Gasteiger partial charge in [0.15, 0.2) is 23.3 Å². The molecule has 0 N–H and O–H groups in total. The van der Waals surface area contributed by atoms with Crippen molar-refractivity contribution in [2.45, 2.75) is 13.0 Å². The number of benzene rings is 3. The SMILES string of the molecule is COc1cc2c3c(c1)c1c(n3Cc3c(F)c(F)c(F)c(F)c3-2)-c2ccccc2C1. The molecule has 3 aromatic carbocycles. The summed E-state index contributed by atoms with van der Waals surface area (Å²) in [5, 5.41) is 0.848. The van der Waals surface area contributed by atoms with Crippen LogP contribution in [0.15, 0.2) is 36.4 Å². The number of fused-ring (bicyclic) bond motifs is 7. The molecule has 0 amide bonds. The maximum Gasteiger partial charge on any atom is 0.198 e. The molecule has 4 aromatic rings. The van der Waals surface area contributed by atoms with Crippen LogP contribution >= 0.6 is 0 Å². The quantitative estimate of drug-likeness (QED) is 0.195. The van der Waals surface area contributed by atoms with E-state index in [4.69, 9.17) is 4.74 Å². The number of halogens is 4. The maximum atomic E-state index is 14.8. The predicted octanol–water partition coefficient (Wildman–Crippen LogP) is 5.81. The minimum absolute atomic E-state index is 0.0746. The molecule has 0 atom stereocenters. The Bertz CT molecular complexity index is 1390. The number of aromatic nitrogens is 1. The molecule has 0 fully saturated rings. The fourth-order valence-electron chi connectivity index (χ4n) is 4.84. The van der Waals surface area contributed by atoms with Gasteiger partial charge in [-0.3, -0.25) is 0 Å². The molecule has 0 saturated heterocycles. The van der Waals surface area contributed by atoms with E-state index in [9.17, 15) is 17.6 Å². The van der Waals surface area contributed by atoms with E-state index in [0.29, 0.717) is 23.3 Å². The van der Waals surface area contributed by atoms with Crippen molar-refractivity contribution in [2.24, 2.45) is 0 Å². The second kappa shape index (κ2) is 5.41. The van der Waals surface area contributed by atoms with E-state index >= 15 is 0 Å². The summed E-state index contributed by atoms with van der Waals surface area (Å²) in [6.45, 7) is -0.0746. The first-order valence-corrected chi connectivity index (χ1v) is 9.17. The van der Waals surface area contributed by atoms with Crippen LogP contribution in [-0.2, 0) is 13.0 Å². The lowest BCUT2D eigenvalue weighted by Crippen LogP contribution is -2.15. The molecule has 2 heterocycles. The monoisotopic (exact) mass is 395 g/mol. The lowest BCUT2D eigenvalue weighted by molar-refractivity contribution is 0.403. The summed E-state index contributed by atoms with van der Waals surface area (Å²) in [5.41, 5.74) is 4.64. The van der Waals surface area contributed by atoms with Crippen LogP contribution in [0.5, 0.6) is 5.75 Å². The molecule has 0 bridgehead atoms. The largest absolute Gasteiger partial charge is 0.497 e. The Labute approximate surface area is 163 Å². The van der Waals surface area contributed by atoms with Gasteiger partial charge >= 0.3 is 0 Å². The summed E-state index contributed by atoms with van der Waals surface area (Å²) in [6.07, 6.45) is 0.672. The van der Waals surface area contributed by atoms with E-state index in [1.165, 1.54) is 7.11 Å². The van der Waals surface area contributed by atoms with Crippen LogP contribution in [0, 0.1) is 23.3 Å². The molecule has 0 unspecified atom stereocenters. The van der Waals surface area contributed by atoms with Gasteiger partial charge in [-0.2, -0.15) is 0 Å². The summed E-state index contributed by atoms with van der Waals surface area (Å²) < 4.78 is 64.8. The van der Waals surface area contributed by atoms with Crippen molar-refractivity contribution in [2.75, 3.05) is 7.11 Å². The molecule has 6 rings (SSSR count). The van der Waals surface area contributed by atoms with Gasteiger partial charge in [-0.1, -0.05) is 24.3 Å². The highest BCUT2D eigenvalue weighted by atomic mass is 19.2. The molecule has 1 aliphatic heterocycles. The van der Waals surface area contributed by atoms with Crippen LogP contribution in [0.1, 0.15) is 16.7 Å². The average Bonchev–Trinajstić information content (AvgIpc) is 3.26. The van der Waals surface area contributed by atoms with Gasteiger partial charge in [-0.05, 0) is 23.3 Å². The van der Waals surface area contributed by atoms with Crippen molar-refractivity contribution in [1.82, 2.24) is 4.57 Å². The summed E-state index contributed by atoms with van der Waals surface area (Å²) in [4.78, 5) is 0. The molecule has 29 heavy (non-hydrogen) atoms. The molecule has 2 aliphatic rings. The molecule has 0 spiro atoms. The van der Waals surface area contributed by atoms with E-state index in [0.717, 1.165) is 27.8 Å². The molecule has 1 aromatic heterocycles. The Morgan fingerprint density at radius 3 is 2.41 bits per heavy atom. The highest BCUT2D eigenvalue weighted by Crippen LogP contribution is 2.50. The van der Waals surface area contributed by atoms with Crippen molar-refractivity contribution in [3.63, 3.8) is 0 Å². The molecular formula is C23H13F4NO. The van der Waals surface area contributed by atoms with Crippen LogP contribution in [0.3, 0.4) is 0 Å². The van der Waals surface area contributed by atoms with Crippen molar-refractivity contribution < 1.29 is 22.3 Å². The third kappa shape index (κ3) is 1.91. The Kier molecular flexibility index (Phi) is 3.10. The third-order valence-electron chi connectivity index (χ3n) is 6.06. The number of hydrogen-bond donors (Lipinski definition) is 0. The summed E-state index contributed by atoms with van der Waals surface area (Å²) in [6, 6.07) is 11.3. The van der Waals surface area contributed by atoms with Crippen LogP contribution in [0.25, 0.3) is 33.3 Å². The number of hydrogen-bond acceptors (Lipinski definition) is 1. The molecule has 0 radical (unpaired) electrons. The van der Waals surface area contributed by atoms with Crippen LogP contribution in [0.2, 0.25) is 0 Å². The fourth-order valence-corrected chi connectivity index (χ4v) is 4.84. The minimum Gasteiger partial charge on any atom is -0.497 e. The highest BCUT2D eigenvalue weighted by Gasteiger charge is 2.35. The van der Waals surface area contributed by atoms with Crippen LogP contribution < -0.4 is 4.74 Å².